The molecule has 0 unspecified atom stereocenters. The van der Waals surface area contributed by atoms with Crippen LogP contribution < -0.4 is 10.9 Å². The second kappa shape index (κ2) is 6.48. The number of anilines is 1. The summed E-state index contributed by atoms with van der Waals surface area (Å²) in [6.45, 7) is 4.46. The molecule has 1 aromatic carbocycles. The molecule has 4 rings (SSSR count). The van der Waals surface area contributed by atoms with Crippen LogP contribution in [0.4, 0.5) is 5.69 Å². The molecule has 146 valence electrons. The van der Waals surface area contributed by atoms with E-state index in [2.05, 4.69) is 19.9 Å². The number of hydrogen-bond donors (Lipinski definition) is 3. The Balaban J connectivity index is 1.95. The van der Waals surface area contributed by atoms with Gasteiger partial charge in [0, 0.05) is 6.54 Å². The zero-order valence-corrected chi connectivity index (χ0v) is 16.1. The van der Waals surface area contributed by atoms with Crippen molar-refractivity contribution in [2.24, 2.45) is 10.3 Å². The molecule has 1 aliphatic heterocycles. The molecule has 0 bridgehead atoms. The number of H-pyrrole nitrogens is 1. The van der Waals surface area contributed by atoms with E-state index >= 15 is 0 Å². The molecule has 0 saturated heterocycles. The van der Waals surface area contributed by atoms with Gasteiger partial charge in [-0.05, 0) is 24.5 Å². The number of benzene rings is 1. The van der Waals surface area contributed by atoms with Gasteiger partial charge in [0.25, 0.3) is 15.6 Å². The summed E-state index contributed by atoms with van der Waals surface area (Å²) in [5, 5.41) is 20.5. The molecule has 3 N–H and O–H groups in total. The summed E-state index contributed by atoms with van der Waals surface area (Å²) < 4.78 is 30.3. The van der Waals surface area contributed by atoms with Crippen LogP contribution >= 0.6 is 0 Å². The third-order valence-corrected chi connectivity index (χ3v) is 5.97. The van der Waals surface area contributed by atoms with Gasteiger partial charge in [-0.25, -0.2) is 0 Å². The highest BCUT2D eigenvalue weighted by atomic mass is 32.2. The van der Waals surface area contributed by atoms with Gasteiger partial charge in [0.05, 0.1) is 17.3 Å². The number of pyridine rings is 1. The van der Waals surface area contributed by atoms with E-state index in [1.165, 1.54) is 16.8 Å². The third kappa shape index (κ3) is 2.85. The molecule has 3 aromatic rings. The number of aromatic nitrogens is 3. The minimum Gasteiger partial charge on any atom is -0.506 e. The quantitative estimate of drug-likeness (QED) is 0.613. The van der Waals surface area contributed by atoms with E-state index in [0.29, 0.717) is 29.2 Å². The van der Waals surface area contributed by atoms with Gasteiger partial charge in [-0.2, -0.15) is 13.5 Å². The SMILES string of the molecule is CC(C)CCn1c(=O)c(C2=NS(=O)(=O)c3ccccc3N2)c(O)c2cn[nH]c21. The summed E-state index contributed by atoms with van der Waals surface area (Å²) in [6, 6.07) is 6.26. The van der Waals surface area contributed by atoms with Crippen LogP contribution in [0, 0.1) is 5.92 Å². The molecule has 0 spiro atoms. The molecule has 10 heteroatoms. The van der Waals surface area contributed by atoms with E-state index in [9.17, 15) is 18.3 Å². The molecule has 9 nitrogen and oxygen atoms in total. The van der Waals surface area contributed by atoms with Crippen molar-refractivity contribution in [1.82, 2.24) is 14.8 Å². The summed E-state index contributed by atoms with van der Waals surface area (Å²) in [5.74, 6) is -0.225. The maximum absolute atomic E-state index is 13.2. The molecule has 0 fully saturated rings. The molecule has 0 amide bonds. The first-order valence-corrected chi connectivity index (χ1v) is 10.2. The lowest BCUT2D eigenvalue weighted by Crippen LogP contribution is -2.33. The van der Waals surface area contributed by atoms with Crippen LogP contribution in [-0.2, 0) is 16.6 Å². The lowest BCUT2D eigenvalue weighted by molar-refractivity contribution is 0.473. The minimum absolute atomic E-state index is 0.0164. The lowest BCUT2D eigenvalue weighted by Gasteiger charge is -2.19. The Morgan fingerprint density at radius 2 is 2.00 bits per heavy atom. The number of sulfonamides is 1. The predicted octanol–water partition coefficient (Wildman–Crippen LogP) is 2.04. The number of nitrogens with one attached hydrogen (secondary N) is 2. The average Bonchev–Trinajstić information content (AvgIpc) is 3.11. The van der Waals surface area contributed by atoms with Gasteiger partial charge in [0.1, 0.15) is 21.9 Å². The standard InChI is InChI=1S/C18H19N5O4S/c1-10(2)7-8-23-17-11(9-19-21-17)15(24)14(18(23)25)16-20-12-5-3-4-6-13(12)28(26,27)22-16/h3-6,9-10,24H,7-8H2,1-2H3,(H,19,21)(H,20,22). The van der Waals surface area contributed by atoms with E-state index in [0.717, 1.165) is 6.42 Å². The highest BCUT2D eigenvalue weighted by Gasteiger charge is 2.30. The molecule has 0 aliphatic carbocycles. The van der Waals surface area contributed by atoms with Crippen LogP contribution in [0.3, 0.4) is 0 Å². The molecule has 0 saturated carbocycles. The fraction of sp³-hybridized carbons (Fsp3) is 0.278. The summed E-state index contributed by atoms with van der Waals surface area (Å²) in [6.07, 6.45) is 2.12. The van der Waals surface area contributed by atoms with Crippen molar-refractivity contribution in [2.75, 3.05) is 5.32 Å². The van der Waals surface area contributed by atoms with Gasteiger partial charge in [-0.3, -0.25) is 14.5 Å². The average molecular weight is 401 g/mol. The molecule has 2 aromatic heterocycles. The number of nitrogens with zero attached hydrogens (tertiary/aromatic N) is 3. The predicted molar refractivity (Wildman–Crippen MR) is 105 cm³/mol. The Labute approximate surface area is 160 Å². The van der Waals surface area contributed by atoms with Gasteiger partial charge in [-0.15, -0.1) is 4.40 Å². The van der Waals surface area contributed by atoms with E-state index in [1.807, 2.05) is 13.8 Å². The van der Waals surface area contributed by atoms with Gasteiger partial charge in [-0.1, -0.05) is 26.0 Å². The maximum Gasteiger partial charge on any atom is 0.286 e. The molecule has 0 radical (unpaired) electrons. The number of hydrogen-bond acceptors (Lipinski definition) is 6. The largest absolute Gasteiger partial charge is 0.506 e. The Kier molecular flexibility index (Phi) is 4.22. The summed E-state index contributed by atoms with van der Waals surface area (Å²) in [4.78, 5) is 13.2. The first-order chi connectivity index (χ1) is 13.3. The van der Waals surface area contributed by atoms with Gasteiger partial charge in [0.2, 0.25) is 0 Å². The van der Waals surface area contributed by atoms with Crippen LogP contribution in [0.25, 0.3) is 11.0 Å². The lowest BCUT2D eigenvalue weighted by atomic mass is 10.1. The van der Waals surface area contributed by atoms with Crippen molar-refractivity contribution in [2.45, 2.75) is 31.7 Å². The second-order valence-corrected chi connectivity index (χ2v) is 8.60. The molecular formula is C18H19N5O4S. The Morgan fingerprint density at radius 3 is 2.75 bits per heavy atom. The van der Waals surface area contributed by atoms with Crippen LogP contribution in [0.2, 0.25) is 0 Å². The molecule has 1 aliphatic rings. The van der Waals surface area contributed by atoms with Crippen LogP contribution in [0.5, 0.6) is 5.75 Å². The first kappa shape index (κ1) is 18.2. The van der Waals surface area contributed by atoms with Gasteiger partial charge < -0.3 is 10.4 Å². The zero-order valence-electron chi connectivity index (χ0n) is 15.3. The van der Waals surface area contributed by atoms with Gasteiger partial charge in [0.15, 0.2) is 5.84 Å². The summed E-state index contributed by atoms with van der Waals surface area (Å²) in [7, 11) is -4.01. The number of rotatable bonds is 4. The van der Waals surface area contributed by atoms with Crippen LogP contribution in [-0.4, -0.2) is 34.1 Å². The number of para-hydroxylation sites is 1. The van der Waals surface area contributed by atoms with Crippen molar-refractivity contribution < 1.29 is 13.5 Å². The smallest absolute Gasteiger partial charge is 0.286 e. The highest BCUT2D eigenvalue weighted by molar-refractivity contribution is 7.90. The van der Waals surface area contributed by atoms with Crippen molar-refractivity contribution in [1.29, 1.82) is 0 Å². The third-order valence-electron chi connectivity index (χ3n) is 4.64. The van der Waals surface area contributed by atoms with Crippen molar-refractivity contribution in [3.8, 4) is 5.75 Å². The fourth-order valence-electron chi connectivity index (χ4n) is 3.17. The normalized spacial score (nSPS) is 15.3. The van der Waals surface area contributed by atoms with E-state index in [4.69, 9.17) is 0 Å². The van der Waals surface area contributed by atoms with Crippen LogP contribution in [0.1, 0.15) is 25.8 Å². The number of aryl methyl sites for hydroxylation is 1. The molecule has 3 heterocycles. The van der Waals surface area contributed by atoms with Crippen LogP contribution in [0.15, 0.2) is 44.6 Å². The Hall–Kier alpha value is -3.14. The van der Waals surface area contributed by atoms with Gasteiger partial charge >= 0.3 is 0 Å². The fourth-order valence-corrected chi connectivity index (χ4v) is 4.29. The molecule has 0 atom stereocenters. The number of amidine groups is 1. The maximum atomic E-state index is 13.2. The number of aromatic amines is 1. The zero-order chi connectivity index (χ0) is 20.1. The van der Waals surface area contributed by atoms with Crippen molar-refractivity contribution in [3.63, 3.8) is 0 Å². The van der Waals surface area contributed by atoms with Crippen molar-refractivity contribution >= 4 is 32.6 Å². The number of fused-ring (bicyclic) bond motifs is 2. The second-order valence-electron chi connectivity index (χ2n) is 7.03. The summed E-state index contributed by atoms with van der Waals surface area (Å²) >= 11 is 0. The molecule has 28 heavy (non-hydrogen) atoms. The van der Waals surface area contributed by atoms with E-state index in [-0.39, 0.29) is 22.0 Å². The Morgan fingerprint density at radius 1 is 1.25 bits per heavy atom. The van der Waals surface area contributed by atoms with E-state index < -0.39 is 15.6 Å². The first-order valence-electron chi connectivity index (χ1n) is 8.80. The minimum atomic E-state index is -4.01. The van der Waals surface area contributed by atoms with Crippen molar-refractivity contribution in [3.05, 3.63) is 46.4 Å². The Bertz CT molecular complexity index is 1270. The molecular weight excluding hydrogens is 382 g/mol. The topological polar surface area (TPSA) is 129 Å². The summed E-state index contributed by atoms with van der Waals surface area (Å²) in [5.41, 5.74) is -0.0645. The monoisotopic (exact) mass is 401 g/mol. The highest BCUT2D eigenvalue weighted by Crippen LogP contribution is 2.31. The van der Waals surface area contributed by atoms with E-state index in [1.54, 1.807) is 18.2 Å². The number of aromatic hydroxyl groups is 1.